The highest BCUT2D eigenvalue weighted by Crippen LogP contribution is 2.27. The molecule has 1 aromatic heterocycles. The van der Waals surface area contributed by atoms with Crippen molar-refractivity contribution in [3.8, 4) is 0 Å². The highest BCUT2D eigenvalue weighted by molar-refractivity contribution is 5.64. The van der Waals surface area contributed by atoms with Gasteiger partial charge in [0.15, 0.2) is 0 Å². The van der Waals surface area contributed by atoms with Gasteiger partial charge in [-0.1, -0.05) is 18.2 Å². The zero-order chi connectivity index (χ0) is 13.7. The average molecular weight is 257 g/mol. The fraction of sp³-hybridized carbons (Fsp3) is 0.214. The molecule has 0 saturated carbocycles. The fourth-order valence-electron chi connectivity index (χ4n) is 1.92. The summed E-state index contributed by atoms with van der Waals surface area (Å²) < 4.78 is 0. The SMILES string of the molecule is Cc1cccc(NCCc2ccccn2)c1[N+](=O)[O-]. The third-order valence-corrected chi connectivity index (χ3v) is 2.84. The largest absolute Gasteiger partial charge is 0.379 e. The normalized spacial score (nSPS) is 10.2. The first kappa shape index (κ1) is 13.0. The Hall–Kier alpha value is -2.43. The molecule has 0 radical (unpaired) electrons. The molecule has 0 spiro atoms. The molecule has 0 aliphatic rings. The van der Waals surface area contributed by atoms with E-state index in [2.05, 4.69) is 10.3 Å². The van der Waals surface area contributed by atoms with Crippen LogP contribution in [0.5, 0.6) is 0 Å². The number of rotatable bonds is 5. The van der Waals surface area contributed by atoms with Crippen LogP contribution in [0.2, 0.25) is 0 Å². The van der Waals surface area contributed by atoms with Gasteiger partial charge in [0.1, 0.15) is 5.69 Å². The molecule has 0 amide bonds. The van der Waals surface area contributed by atoms with E-state index in [-0.39, 0.29) is 10.6 Å². The number of nitrogens with zero attached hydrogens (tertiary/aromatic N) is 2. The Morgan fingerprint density at radius 2 is 2.11 bits per heavy atom. The van der Waals surface area contributed by atoms with Crippen LogP contribution in [0.3, 0.4) is 0 Å². The van der Waals surface area contributed by atoms with Gasteiger partial charge in [0, 0.05) is 30.4 Å². The van der Waals surface area contributed by atoms with E-state index in [1.807, 2.05) is 24.3 Å². The minimum absolute atomic E-state index is 0.142. The Morgan fingerprint density at radius 3 is 2.79 bits per heavy atom. The number of hydrogen-bond donors (Lipinski definition) is 1. The van der Waals surface area contributed by atoms with Crippen molar-refractivity contribution in [1.82, 2.24) is 4.98 Å². The van der Waals surface area contributed by atoms with Gasteiger partial charge in [0.25, 0.3) is 5.69 Å². The minimum atomic E-state index is -0.349. The third kappa shape index (κ3) is 3.28. The van der Waals surface area contributed by atoms with Crippen molar-refractivity contribution >= 4 is 11.4 Å². The second-order valence-corrected chi connectivity index (χ2v) is 4.23. The van der Waals surface area contributed by atoms with Crippen LogP contribution in [0.4, 0.5) is 11.4 Å². The van der Waals surface area contributed by atoms with E-state index in [4.69, 9.17) is 0 Å². The third-order valence-electron chi connectivity index (χ3n) is 2.84. The van der Waals surface area contributed by atoms with Gasteiger partial charge in [0.05, 0.1) is 4.92 Å². The fourth-order valence-corrected chi connectivity index (χ4v) is 1.92. The molecule has 5 nitrogen and oxygen atoms in total. The number of nitro groups is 1. The van der Waals surface area contributed by atoms with Crippen LogP contribution in [0.25, 0.3) is 0 Å². The van der Waals surface area contributed by atoms with Crippen molar-refractivity contribution < 1.29 is 4.92 Å². The Kier molecular flexibility index (Phi) is 4.07. The second-order valence-electron chi connectivity index (χ2n) is 4.23. The molecule has 1 heterocycles. The quantitative estimate of drug-likeness (QED) is 0.660. The lowest BCUT2D eigenvalue weighted by molar-refractivity contribution is -0.384. The van der Waals surface area contributed by atoms with Crippen molar-refractivity contribution in [2.75, 3.05) is 11.9 Å². The van der Waals surface area contributed by atoms with Crippen molar-refractivity contribution in [1.29, 1.82) is 0 Å². The lowest BCUT2D eigenvalue weighted by atomic mass is 10.1. The number of aryl methyl sites for hydroxylation is 1. The molecule has 2 aromatic rings. The smallest absolute Gasteiger partial charge is 0.295 e. The zero-order valence-electron chi connectivity index (χ0n) is 10.7. The van der Waals surface area contributed by atoms with E-state index < -0.39 is 0 Å². The number of nitrogens with one attached hydrogen (secondary N) is 1. The first-order valence-corrected chi connectivity index (χ1v) is 6.06. The highest BCUT2D eigenvalue weighted by Gasteiger charge is 2.15. The van der Waals surface area contributed by atoms with Crippen LogP contribution in [-0.4, -0.2) is 16.5 Å². The number of benzene rings is 1. The first-order valence-electron chi connectivity index (χ1n) is 6.06. The van der Waals surface area contributed by atoms with Gasteiger partial charge in [-0.3, -0.25) is 15.1 Å². The second kappa shape index (κ2) is 5.95. The van der Waals surface area contributed by atoms with E-state index in [0.717, 1.165) is 12.1 Å². The van der Waals surface area contributed by atoms with Crippen molar-refractivity contribution in [3.63, 3.8) is 0 Å². The van der Waals surface area contributed by atoms with Crippen molar-refractivity contribution in [2.24, 2.45) is 0 Å². The van der Waals surface area contributed by atoms with Crippen LogP contribution >= 0.6 is 0 Å². The number of anilines is 1. The summed E-state index contributed by atoms with van der Waals surface area (Å²) in [5.74, 6) is 0. The lowest BCUT2D eigenvalue weighted by Gasteiger charge is -2.08. The number of pyridine rings is 1. The maximum absolute atomic E-state index is 11.0. The van der Waals surface area contributed by atoms with Crippen molar-refractivity contribution in [2.45, 2.75) is 13.3 Å². The number of nitro benzene ring substituents is 1. The molecular weight excluding hydrogens is 242 g/mol. The number of hydrogen-bond acceptors (Lipinski definition) is 4. The van der Waals surface area contributed by atoms with Gasteiger partial charge in [-0.05, 0) is 25.1 Å². The number of para-hydroxylation sites is 1. The highest BCUT2D eigenvalue weighted by atomic mass is 16.6. The molecule has 19 heavy (non-hydrogen) atoms. The Morgan fingerprint density at radius 1 is 1.26 bits per heavy atom. The maximum atomic E-state index is 11.0. The topological polar surface area (TPSA) is 68.1 Å². The van der Waals surface area contributed by atoms with Crippen LogP contribution in [-0.2, 0) is 6.42 Å². The molecule has 1 N–H and O–H groups in total. The van der Waals surface area contributed by atoms with Gasteiger partial charge in [-0.25, -0.2) is 0 Å². The first-order chi connectivity index (χ1) is 9.18. The summed E-state index contributed by atoms with van der Waals surface area (Å²) in [5.41, 5.74) is 2.32. The van der Waals surface area contributed by atoms with Gasteiger partial charge < -0.3 is 5.32 Å². The van der Waals surface area contributed by atoms with Gasteiger partial charge in [0.2, 0.25) is 0 Å². The average Bonchev–Trinajstić information content (AvgIpc) is 2.39. The summed E-state index contributed by atoms with van der Waals surface area (Å²) in [7, 11) is 0. The van der Waals surface area contributed by atoms with Gasteiger partial charge in [-0.2, -0.15) is 0 Å². The Labute approximate surface area is 111 Å². The van der Waals surface area contributed by atoms with Crippen molar-refractivity contribution in [3.05, 3.63) is 64.0 Å². The lowest BCUT2D eigenvalue weighted by Crippen LogP contribution is -2.08. The van der Waals surface area contributed by atoms with Crippen LogP contribution in [0, 0.1) is 17.0 Å². The van der Waals surface area contributed by atoms with E-state index >= 15 is 0 Å². The molecule has 0 bridgehead atoms. The maximum Gasteiger partial charge on any atom is 0.295 e. The number of aromatic nitrogens is 1. The molecule has 0 fully saturated rings. The molecule has 0 unspecified atom stereocenters. The molecule has 1 aromatic carbocycles. The molecule has 0 aliphatic carbocycles. The molecule has 0 aliphatic heterocycles. The summed E-state index contributed by atoms with van der Waals surface area (Å²) in [5, 5.41) is 14.1. The molecule has 5 heteroatoms. The summed E-state index contributed by atoms with van der Waals surface area (Å²) in [6, 6.07) is 11.0. The van der Waals surface area contributed by atoms with E-state index in [1.54, 1.807) is 25.3 Å². The Bertz CT molecular complexity index is 570. The zero-order valence-corrected chi connectivity index (χ0v) is 10.7. The van der Waals surface area contributed by atoms with E-state index in [0.29, 0.717) is 17.8 Å². The minimum Gasteiger partial charge on any atom is -0.379 e. The summed E-state index contributed by atoms with van der Waals surface area (Å²) in [6.07, 6.45) is 2.47. The van der Waals surface area contributed by atoms with Gasteiger partial charge >= 0.3 is 0 Å². The summed E-state index contributed by atoms with van der Waals surface area (Å²) in [6.45, 7) is 2.35. The van der Waals surface area contributed by atoms with E-state index in [1.165, 1.54) is 0 Å². The predicted octanol–water partition coefficient (Wildman–Crippen LogP) is 2.95. The molecule has 2 rings (SSSR count). The van der Waals surface area contributed by atoms with Gasteiger partial charge in [-0.15, -0.1) is 0 Å². The van der Waals surface area contributed by atoms with Crippen LogP contribution in [0.15, 0.2) is 42.6 Å². The van der Waals surface area contributed by atoms with E-state index in [9.17, 15) is 10.1 Å². The van der Waals surface area contributed by atoms with Crippen LogP contribution < -0.4 is 5.32 Å². The molecule has 0 saturated heterocycles. The van der Waals surface area contributed by atoms with Crippen LogP contribution in [0.1, 0.15) is 11.3 Å². The predicted molar refractivity (Wildman–Crippen MR) is 74.3 cm³/mol. The summed E-state index contributed by atoms with van der Waals surface area (Å²) >= 11 is 0. The molecular formula is C14H15N3O2. The molecule has 98 valence electrons. The Balaban J connectivity index is 2.04. The summed E-state index contributed by atoms with van der Waals surface area (Å²) in [4.78, 5) is 14.9. The molecule has 0 atom stereocenters. The standard InChI is InChI=1S/C14H15N3O2/c1-11-5-4-7-13(14(11)17(18)19)16-10-8-12-6-2-3-9-15-12/h2-7,9,16H,8,10H2,1H3. The monoisotopic (exact) mass is 257 g/mol.